The Morgan fingerprint density at radius 3 is 2.78 bits per heavy atom. The third-order valence-corrected chi connectivity index (χ3v) is 3.87. The lowest BCUT2D eigenvalue weighted by atomic mass is 10.1. The molecular formula is C17H23F3N4O3. The second kappa shape index (κ2) is 9.56. The SMILES string of the molecule is CC(O/N=C(/N)c1cccc(CN2CCOCC2)c1)C(=O)NCC(F)(F)F. The number of rotatable bonds is 7. The Morgan fingerprint density at radius 2 is 2.11 bits per heavy atom. The predicted molar refractivity (Wildman–Crippen MR) is 92.9 cm³/mol. The van der Waals surface area contributed by atoms with Gasteiger partial charge in [0.05, 0.1) is 13.2 Å². The average molecular weight is 388 g/mol. The minimum atomic E-state index is -4.49. The first-order chi connectivity index (χ1) is 12.7. The van der Waals surface area contributed by atoms with Crippen molar-refractivity contribution < 1.29 is 27.5 Å². The van der Waals surface area contributed by atoms with E-state index < -0.39 is 24.7 Å². The van der Waals surface area contributed by atoms with Crippen molar-refractivity contribution in [3.8, 4) is 0 Å². The molecule has 0 bridgehead atoms. The van der Waals surface area contributed by atoms with Crippen molar-refractivity contribution in [2.75, 3.05) is 32.8 Å². The molecular weight excluding hydrogens is 365 g/mol. The van der Waals surface area contributed by atoms with E-state index in [1.54, 1.807) is 11.4 Å². The molecule has 0 radical (unpaired) electrons. The minimum absolute atomic E-state index is 0.0364. The zero-order chi connectivity index (χ0) is 19.9. The highest BCUT2D eigenvalue weighted by atomic mass is 19.4. The molecule has 1 aromatic rings. The van der Waals surface area contributed by atoms with Crippen molar-refractivity contribution in [1.82, 2.24) is 10.2 Å². The van der Waals surface area contributed by atoms with Crippen LogP contribution in [0.15, 0.2) is 29.4 Å². The topological polar surface area (TPSA) is 89.2 Å². The number of nitrogens with one attached hydrogen (secondary N) is 1. The van der Waals surface area contributed by atoms with Gasteiger partial charge in [-0.05, 0) is 18.6 Å². The van der Waals surface area contributed by atoms with Crippen LogP contribution in [0.5, 0.6) is 0 Å². The number of alkyl halides is 3. The van der Waals surface area contributed by atoms with Crippen molar-refractivity contribution in [2.24, 2.45) is 10.9 Å². The summed E-state index contributed by atoms with van der Waals surface area (Å²) >= 11 is 0. The van der Waals surface area contributed by atoms with Crippen LogP contribution in [-0.4, -0.2) is 61.8 Å². The van der Waals surface area contributed by atoms with Crippen molar-refractivity contribution in [3.05, 3.63) is 35.4 Å². The maximum absolute atomic E-state index is 12.1. The van der Waals surface area contributed by atoms with Crippen molar-refractivity contribution in [1.29, 1.82) is 0 Å². The van der Waals surface area contributed by atoms with Gasteiger partial charge in [-0.2, -0.15) is 13.2 Å². The number of nitrogens with zero attached hydrogens (tertiary/aromatic N) is 2. The Balaban J connectivity index is 1.90. The third-order valence-electron chi connectivity index (χ3n) is 3.87. The van der Waals surface area contributed by atoms with E-state index in [0.717, 1.165) is 25.2 Å². The zero-order valence-corrected chi connectivity index (χ0v) is 15.0. The van der Waals surface area contributed by atoms with Crippen molar-refractivity contribution in [3.63, 3.8) is 0 Å². The number of morpholine rings is 1. The molecule has 10 heteroatoms. The van der Waals surface area contributed by atoms with Crippen molar-refractivity contribution >= 4 is 11.7 Å². The maximum atomic E-state index is 12.1. The Bertz CT molecular complexity index is 661. The molecule has 1 amide bonds. The number of hydrogen-bond donors (Lipinski definition) is 2. The van der Waals surface area contributed by atoms with Crippen LogP contribution >= 0.6 is 0 Å². The first-order valence-electron chi connectivity index (χ1n) is 8.48. The van der Waals surface area contributed by atoms with Crippen LogP contribution in [0.2, 0.25) is 0 Å². The fraction of sp³-hybridized carbons (Fsp3) is 0.529. The molecule has 7 nitrogen and oxygen atoms in total. The van der Waals surface area contributed by atoms with Crippen LogP contribution < -0.4 is 11.1 Å². The Labute approximate surface area is 155 Å². The van der Waals surface area contributed by atoms with Gasteiger partial charge in [0, 0.05) is 25.2 Å². The summed E-state index contributed by atoms with van der Waals surface area (Å²) < 4.78 is 41.6. The standard InChI is InChI=1S/C17H23F3N4O3/c1-12(16(25)22-11-17(18,19)20)27-23-15(21)14-4-2-3-13(9-14)10-24-5-7-26-8-6-24/h2-4,9,12H,5-8,10-11H2,1H3,(H2,21,23)(H,22,25). The van der Waals surface area contributed by atoms with Gasteiger partial charge < -0.3 is 20.6 Å². The van der Waals surface area contributed by atoms with Gasteiger partial charge in [-0.25, -0.2) is 0 Å². The molecule has 3 N–H and O–H groups in total. The van der Waals surface area contributed by atoms with E-state index in [0.29, 0.717) is 18.8 Å². The number of benzene rings is 1. The number of carbonyl (C=O) groups excluding carboxylic acids is 1. The molecule has 1 heterocycles. The number of ether oxygens (including phenoxy) is 1. The van der Waals surface area contributed by atoms with E-state index in [1.807, 2.05) is 18.2 Å². The number of amides is 1. The maximum Gasteiger partial charge on any atom is 0.405 e. The molecule has 1 fully saturated rings. The summed E-state index contributed by atoms with van der Waals surface area (Å²) in [5.41, 5.74) is 7.50. The predicted octanol–water partition coefficient (Wildman–Crippen LogP) is 1.22. The van der Waals surface area contributed by atoms with E-state index in [2.05, 4.69) is 10.1 Å². The second-order valence-corrected chi connectivity index (χ2v) is 6.15. The van der Waals surface area contributed by atoms with E-state index in [1.165, 1.54) is 6.92 Å². The number of hydrogen-bond acceptors (Lipinski definition) is 5. The lowest BCUT2D eigenvalue weighted by molar-refractivity contribution is -0.145. The summed E-state index contributed by atoms with van der Waals surface area (Å²) in [5.74, 6) is -0.890. The summed E-state index contributed by atoms with van der Waals surface area (Å²) in [5, 5.41) is 5.39. The number of halogens is 3. The normalized spacial score (nSPS) is 17.4. The zero-order valence-electron chi connectivity index (χ0n) is 15.0. The molecule has 27 heavy (non-hydrogen) atoms. The highest BCUT2D eigenvalue weighted by molar-refractivity contribution is 5.97. The van der Waals surface area contributed by atoms with Crippen LogP contribution in [0.4, 0.5) is 13.2 Å². The summed E-state index contributed by atoms with van der Waals surface area (Å²) in [6, 6.07) is 7.37. The quantitative estimate of drug-likeness (QED) is 0.417. The molecule has 1 atom stereocenters. The van der Waals surface area contributed by atoms with Gasteiger partial charge in [-0.1, -0.05) is 23.4 Å². The molecule has 0 saturated carbocycles. The summed E-state index contributed by atoms with van der Waals surface area (Å²) in [6.07, 6.45) is -5.69. The monoisotopic (exact) mass is 388 g/mol. The molecule has 1 aliphatic heterocycles. The molecule has 2 rings (SSSR count). The molecule has 1 aliphatic rings. The van der Waals surface area contributed by atoms with Crippen molar-refractivity contribution in [2.45, 2.75) is 25.7 Å². The largest absolute Gasteiger partial charge is 0.405 e. The molecule has 150 valence electrons. The van der Waals surface area contributed by atoms with Crippen LogP contribution in [0, 0.1) is 0 Å². The lowest BCUT2D eigenvalue weighted by Crippen LogP contribution is -2.39. The van der Waals surface area contributed by atoms with E-state index in [4.69, 9.17) is 15.3 Å². The van der Waals surface area contributed by atoms with Gasteiger partial charge in [-0.3, -0.25) is 9.69 Å². The number of nitrogens with two attached hydrogens (primary N) is 1. The summed E-state index contributed by atoms with van der Waals surface area (Å²) in [6.45, 7) is 3.70. The first-order valence-corrected chi connectivity index (χ1v) is 8.48. The van der Waals surface area contributed by atoms with Gasteiger partial charge in [0.15, 0.2) is 5.84 Å². The number of amidine groups is 1. The molecule has 0 spiro atoms. The van der Waals surface area contributed by atoms with Crippen LogP contribution in [-0.2, 0) is 20.9 Å². The smallest absolute Gasteiger partial charge is 0.381 e. The first kappa shape index (κ1) is 21.0. The molecule has 1 saturated heterocycles. The molecule has 1 unspecified atom stereocenters. The minimum Gasteiger partial charge on any atom is -0.381 e. The van der Waals surface area contributed by atoms with Gasteiger partial charge in [0.25, 0.3) is 5.91 Å². The van der Waals surface area contributed by atoms with E-state index in [9.17, 15) is 18.0 Å². The molecule has 0 aliphatic carbocycles. The lowest BCUT2D eigenvalue weighted by Gasteiger charge is -2.26. The van der Waals surface area contributed by atoms with Gasteiger partial charge in [0.1, 0.15) is 6.54 Å². The van der Waals surface area contributed by atoms with E-state index in [-0.39, 0.29) is 5.84 Å². The Kier molecular flexibility index (Phi) is 7.43. The van der Waals surface area contributed by atoms with Crippen LogP contribution in [0.1, 0.15) is 18.1 Å². The van der Waals surface area contributed by atoms with Gasteiger partial charge >= 0.3 is 6.18 Å². The summed E-state index contributed by atoms with van der Waals surface area (Å²) in [7, 11) is 0. The fourth-order valence-electron chi connectivity index (χ4n) is 2.41. The van der Waals surface area contributed by atoms with Crippen LogP contribution in [0.25, 0.3) is 0 Å². The summed E-state index contributed by atoms with van der Waals surface area (Å²) in [4.78, 5) is 18.7. The molecule has 1 aromatic carbocycles. The Hall–Kier alpha value is -2.33. The average Bonchev–Trinajstić information content (AvgIpc) is 2.64. The van der Waals surface area contributed by atoms with E-state index >= 15 is 0 Å². The molecule has 0 aromatic heterocycles. The highest BCUT2D eigenvalue weighted by Gasteiger charge is 2.29. The van der Waals surface area contributed by atoms with Crippen LogP contribution in [0.3, 0.4) is 0 Å². The van der Waals surface area contributed by atoms with Gasteiger partial charge in [0.2, 0.25) is 6.10 Å². The number of carbonyl (C=O) groups is 1. The second-order valence-electron chi connectivity index (χ2n) is 6.15. The highest BCUT2D eigenvalue weighted by Crippen LogP contribution is 2.13. The Morgan fingerprint density at radius 1 is 1.41 bits per heavy atom. The third kappa shape index (κ3) is 7.43. The fourth-order valence-corrected chi connectivity index (χ4v) is 2.41. The number of oxime groups is 1. The van der Waals surface area contributed by atoms with Gasteiger partial charge in [-0.15, -0.1) is 0 Å².